The van der Waals surface area contributed by atoms with E-state index in [9.17, 15) is 0 Å². The average molecular weight is 573 g/mol. The number of rotatable bonds is 27. The van der Waals surface area contributed by atoms with Crippen LogP contribution in [0.4, 0.5) is 0 Å². The van der Waals surface area contributed by atoms with E-state index >= 15 is 0 Å². The quantitative estimate of drug-likeness (QED) is 0.129. The van der Waals surface area contributed by atoms with Gasteiger partial charge in [-0.1, -0.05) is 0 Å². The molecule has 242 valence electrons. The molecule has 0 unspecified atom stereocenters. The van der Waals surface area contributed by atoms with Gasteiger partial charge in [0.2, 0.25) is 0 Å². The van der Waals surface area contributed by atoms with Gasteiger partial charge in [-0.3, -0.25) is 19.6 Å². The van der Waals surface area contributed by atoms with Crippen LogP contribution in [0.2, 0.25) is 0 Å². The van der Waals surface area contributed by atoms with Crippen LogP contribution in [-0.4, -0.2) is 251 Å². The van der Waals surface area contributed by atoms with Crippen molar-refractivity contribution in [3.8, 4) is 0 Å². The molecule has 10 heteroatoms. The molecule has 0 aromatic rings. The van der Waals surface area contributed by atoms with Gasteiger partial charge in [-0.05, 0) is 84.6 Å². The monoisotopic (exact) mass is 573 g/mol. The molecule has 0 saturated carbocycles. The molecule has 0 aromatic heterocycles. The van der Waals surface area contributed by atoms with Crippen molar-refractivity contribution in [3.05, 3.63) is 0 Å². The van der Waals surface area contributed by atoms with Crippen LogP contribution in [0.15, 0.2) is 0 Å². The van der Waals surface area contributed by atoms with Gasteiger partial charge >= 0.3 is 0 Å². The Morgan fingerprint density at radius 3 is 0.375 bits per heavy atom. The average Bonchev–Trinajstić information content (AvgIpc) is 2.85. The molecule has 0 atom stereocenters. The smallest absolute Gasteiger partial charge is 0.0110 e. The molecule has 0 aromatic carbocycles. The van der Waals surface area contributed by atoms with Gasteiger partial charge in [0.1, 0.15) is 0 Å². The summed E-state index contributed by atoms with van der Waals surface area (Å²) in [6, 6.07) is 0. The summed E-state index contributed by atoms with van der Waals surface area (Å²) in [5.41, 5.74) is 0. The molecule has 10 nitrogen and oxygen atoms in total. The Bertz CT molecular complexity index is 445. The van der Waals surface area contributed by atoms with Crippen molar-refractivity contribution in [1.82, 2.24) is 49.0 Å². The highest BCUT2D eigenvalue weighted by Crippen LogP contribution is 2.00. The van der Waals surface area contributed by atoms with Crippen LogP contribution in [0, 0.1) is 0 Å². The van der Waals surface area contributed by atoms with Crippen LogP contribution in [-0.2, 0) is 0 Å². The van der Waals surface area contributed by atoms with E-state index in [-0.39, 0.29) is 0 Å². The van der Waals surface area contributed by atoms with Crippen LogP contribution in [0.25, 0.3) is 0 Å². The van der Waals surface area contributed by atoms with Crippen LogP contribution >= 0.6 is 0 Å². The standard InChI is InChI=1S/C30H72N10/c1-31(2)13-19-37(20-14-32(3)4)25-28-40(29-26-38(21-15-33(5)6)22-16-34(7)8)30-27-39(23-17-35(9)10)24-18-36(11)12/h13-30H2,1-12H3. The van der Waals surface area contributed by atoms with Crippen molar-refractivity contribution in [3.63, 3.8) is 0 Å². The van der Waals surface area contributed by atoms with Crippen molar-refractivity contribution >= 4 is 0 Å². The van der Waals surface area contributed by atoms with Gasteiger partial charge in [-0.25, -0.2) is 0 Å². The Morgan fingerprint density at radius 1 is 0.175 bits per heavy atom. The normalized spacial score (nSPS) is 13.1. The van der Waals surface area contributed by atoms with Gasteiger partial charge in [-0.2, -0.15) is 0 Å². The topological polar surface area (TPSA) is 32.4 Å². The maximum absolute atomic E-state index is 2.74. The maximum atomic E-state index is 2.74. The van der Waals surface area contributed by atoms with Crippen molar-refractivity contribution in [1.29, 1.82) is 0 Å². The molecule has 0 spiro atoms. The van der Waals surface area contributed by atoms with Crippen molar-refractivity contribution in [2.75, 3.05) is 202 Å². The number of likely N-dealkylation sites (N-methyl/N-ethyl adjacent to an activating group) is 6. The summed E-state index contributed by atoms with van der Waals surface area (Å²) < 4.78 is 0. The molecule has 40 heavy (non-hydrogen) atoms. The molecule has 0 aliphatic rings. The molecule has 0 N–H and O–H groups in total. The number of hydrogen-bond acceptors (Lipinski definition) is 10. The Hall–Kier alpha value is -0.400. The van der Waals surface area contributed by atoms with E-state index in [0.717, 1.165) is 118 Å². The Morgan fingerprint density at radius 2 is 0.275 bits per heavy atom. The summed E-state index contributed by atoms with van der Waals surface area (Å²) in [6.07, 6.45) is 0. The van der Waals surface area contributed by atoms with E-state index in [4.69, 9.17) is 0 Å². The molecule has 0 aliphatic carbocycles. The Kier molecular flexibility index (Phi) is 23.8. The molecular formula is C30H72N10. The molecule has 0 amide bonds. The lowest BCUT2D eigenvalue weighted by molar-refractivity contribution is 0.137. The van der Waals surface area contributed by atoms with E-state index < -0.39 is 0 Å². The van der Waals surface area contributed by atoms with Crippen LogP contribution in [0.1, 0.15) is 0 Å². The molecular weight excluding hydrogens is 500 g/mol. The summed E-state index contributed by atoms with van der Waals surface area (Å²) in [7, 11) is 26.2. The van der Waals surface area contributed by atoms with Crippen molar-refractivity contribution in [2.45, 2.75) is 0 Å². The lowest BCUT2D eigenvalue weighted by Crippen LogP contribution is -2.47. The van der Waals surface area contributed by atoms with E-state index in [1.165, 1.54) is 0 Å². The first-order chi connectivity index (χ1) is 18.8. The highest BCUT2D eigenvalue weighted by atomic mass is 15.3. The predicted molar refractivity (Wildman–Crippen MR) is 177 cm³/mol. The Balaban J connectivity index is 5.44. The zero-order valence-electron chi connectivity index (χ0n) is 29.2. The lowest BCUT2D eigenvalue weighted by Gasteiger charge is -2.33. The zero-order valence-corrected chi connectivity index (χ0v) is 29.2. The summed E-state index contributed by atoms with van der Waals surface area (Å²) in [5, 5.41) is 0. The molecule has 0 heterocycles. The van der Waals surface area contributed by atoms with Gasteiger partial charge in [-0.15, -0.1) is 0 Å². The van der Waals surface area contributed by atoms with Gasteiger partial charge in [0, 0.05) is 118 Å². The minimum Gasteiger partial charge on any atom is -0.308 e. The first-order valence-corrected chi connectivity index (χ1v) is 15.6. The molecule has 0 rings (SSSR count). The third kappa shape index (κ3) is 25.3. The van der Waals surface area contributed by atoms with Crippen molar-refractivity contribution < 1.29 is 0 Å². The van der Waals surface area contributed by atoms with Crippen LogP contribution in [0.5, 0.6) is 0 Å². The van der Waals surface area contributed by atoms with E-state index in [1.54, 1.807) is 0 Å². The SMILES string of the molecule is CN(C)CCN(CCN(C)C)CCN(CCN(CCN(C)C)CCN(C)C)CCN(CCN(C)C)CCN(C)C. The largest absolute Gasteiger partial charge is 0.308 e. The fourth-order valence-corrected chi connectivity index (χ4v) is 4.24. The minimum absolute atomic E-state index is 1.11. The zero-order chi connectivity index (χ0) is 30.5. The third-order valence-electron chi connectivity index (χ3n) is 7.38. The fourth-order valence-electron chi connectivity index (χ4n) is 4.24. The van der Waals surface area contributed by atoms with E-state index in [2.05, 4.69) is 134 Å². The molecule has 0 saturated heterocycles. The Labute approximate surface area is 251 Å². The second kappa shape index (κ2) is 24.1. The van der Waals surface area contributed by atoms with Crippen LogP contribution < -0.4 is 0 Å². The van der Waals surface area contributed by atoms with Crippen molar-refractivity contribution in [2.24, 2.45) is 0 Å². The third-order valence-corrected chi connectivity index (χ3v) is 7.38. The minimum atomic E-state index is 1.11. The van der Waals surface area contributed by atoms with Gasteiger partial charge in [0.25, 0.3) is 0 Å². The summed E-state index contributed by atoms with van der Waals surface area (Å²) in [6.45, 7) is 20.2. The summed E-state index contributed by atoms with van der Waals surface area (Å²) in [4.78, 5) is 24.6. The first-order valence-electron chi connectivity index (χ1n) is 15.6. The summed E-state index contributed by atoms with van der Waals surface area (Å²) >= 11 is 0. The first kappa shape index (κ1) is 39.6. The second-order valence-electron chi connectivity index (χ2n) is 13.2. The van der Waals surface area contributed by atoms with E-state index in [1.807, 2.05) is 0 Å². The number of nitrogens with zero attached hydrogens (tertiary/aromatic N) is 10. The highest BCUT2D eigenvalue weighted by molar-refractivity contribution is 4.72. The fraction of sp³-hybridized carbons (Fsp3) is 1.00. The second-order valence-corrected chi connectivity index (χ2v) is 13.2. The molecule has 0 fully saturated rings. The van der Waals surface area contributed by atoms with Gasteiger partial charge in [0.15, 0.2) is 0 Å². The van der Waals surface area contributed by atoms with E-state index in [0.29, 0.717) is 0 Å². The van der Waals surface area contributed by atoms with Gasteiger partial charge < -0.3 is 29.4 Å². The highest BCUT2D eigenvalue weighted by Gasteiger charge is 2.15. The lowest BCUT2D eigenvalue weighted by atomic mass is 10.3. The number of hydrogen-bond donors (Lipinski definition) is 0. The summed E-state index contributed by atoms with van der Waals surface area (Å²) in [5.74, 6) is 0. The van der Waals surface area contributed by atoms with Crippen LogP contribution in [0.3, 0.4) is 0 Å². The molecule has 0 bridgehead atoms. The molecule has 0 aliphatic heterocycles. The predicted octanol–water partition coefficient (Wildman–Crippen LogP) is -0.436. The maximum Gasteiger partial charge on any atom is 0.0110 e. The molecule has 0 radical (unpaired) electrons. The van der Waals surface area contributed by atoms with Gasteiger partial charge in [0.05, 0.1) is 0 Å².